The quantitative estimate of drug-likeness (QED) is 0.0253. The molecule has 0 radical (unpaired) electrons. The van der Waals surface area contributed by atoms with Crippen molar-refractivity contribution in [3.8, 4) is 0 Å². The third-order valence-electron chi connectivity index (χ3n) is 16.3. The summed E-state index contributed by atoms with van der Waals surface area (Å²) in [6, 6.07) is -1.32. The minimum atomic E-state index is -1.65. The number of hydrogen-bond donors (Lipinski definition) is 20. The molecule has 0 aromatic heterocycles. The molecule has 4 aliphatic heterocycles. The first-order valence-electron chi connectivity index (χ1n) is 32.7. The fraction of sp³-hybridized carbons (Fsp3) is 0.850. The standard InChI is InChI=1S/C32H55N3O16.C28H50N4O15/c1-17-25(42)27(44)29(46)31(50-17)49-12-10-34-22(39)14-18(13-19(37)7-4-5-9-23(40)35(3)24(41)15-33-2)20(38)8-6-11-48-32-30(47)28(45)26(43)21(16-36)51-32;1-3-29-17(34)6-4-5-7-18(35)32-15(12-19(36)30-8-10-44-27-24(41)22(39)20(37)14(2)46-27)26(43)31-9-11-45-28-25(42)23(40)21(38)16(13-33)47-28/h17-18,21,25-33,36,42-47H,4-16H2,1-3H3,(H,34,39);14-16,20-25,27-28,33,37-42H,3-13H2,1-2H3,(H,29,34)(H,30,36)(H,31,43)(H,32,35)/t17-,18?,21+,25+,26+,27+,28-,29-,30-,31+,32-;14-,15?,16+,20+,21+,22+,23-,24-,25-,27+,28-/m00/s1. The van der Waals surface area contributed by atoms with Crippen molar-refractivity contribution >= 4 is 52.9 Å². The number of aliphatic hydroxyl groups excluding tert-OH is 14. The van der Waals surface area contributed by atoms with Gasteiger partial charge in [-0.05, 0) is 59.9 Å². The summed E-state index contributed by atoms with van der Waals surface area (Å²) in [6.45, 7) is 2.93. The lowest BCUT2D eigenvalue weighted by Gasteiger charge is -2.39. The van der Waals surface area contributed by atoms with E-state index in [-0.39, 0.29) is 116 Å². The Kier molecular flexibility index (Phi) is 40.6. The Morgan fingerprint density at radius 2 is 0.857 bits per heavy atom. The number of rotatable bonds is 41. The average molecular weight is 1420 g/mol. The number of Topliss-reactive ketones (excluding diaryl/α,β-unsaturated/α-hetero) is 2. The first kappa shape index (κ1) is 87.1. The van der Waals surface area contributed by atoms with Gasteiger partial charge >= 0.3 is 0 Å². The molecular weight excluding hydrogens is 1310 g/mol. The van der Waals surface area contributed by atoms with E-state index in [9.17, 15) is 115 Å². The van der Waals surface area contributed by atoms with Crippen LogP contribution in [0.4, 0.5) is 0 Å². The number of imide groups is 1. The monoisotopic (exact) mass is 1420 g/mol. The van der Waals surface area contributed by atoms with Gasteiger partial charge in [-0.3, -0.25) is 48.1 Å². The molecule has 4 saturated heterocycles. The van der Waals surface area contributed by atoms with Gasteiger partial charge in [0.15, 0.2) is 25.2 Å². The van der Waals surface area contributed by atoms with E-state index in [4.69, 9.17) is 37.9 Å². The summed E-state index contributed by atoms with van der Waals surface area (Å²) in [7, 11) is 2.95. The van der Waals surface area contributed by atoms with Gasteiger partial charge in [-0.2, -0.15) is 0 Å². The molecule has 0 aromatic rings. The highest BCUT2D eigenvalue weighted by Crippen LogP contribution is 2.26. The van der Waals surface area contributed by atoms with Crippen molar-refractivity contribution in [2.75, 3.05) is 86.5 Å². The third kappa shape index (κ3) is 29.1. The number of nitrogens with zero attached hydrogens (tertiary/aromatic N) is 1. The van der Waals surface area contributed by atoms with E-state index in [2.05, 4.69) is 31.9 Å². The number of likely N-dealkylation sites (N-methyl/N-ethyl adjacent to an activating group) is 2. The summed E-state index contributed by atoms with van der Waals surface area (Å²) >= 11 is 0. The van der Waals surface area contributed by atoms with Crippen LogP contribution in [0.25, 0.3) is 0 Å². The molecule has 4 fully saturated rings. The molecule has 0 aromatic carbocycles. The van der Waals surface area contributed by atoms with Crippen LogP contribution >= 0.6 is 0 Å². The molecule has 4 aliphatic rings. The molecule has 566 valence electrons. The normalized spacial score (nSPS) is 30.7. The Hall–Kier alpha value is -5.09. The molecule has 22 atom stereocenters. The van der Waals surface area contributed by atoms with Crippen molar-refractivity contribution in [1.29, 1.82) is 0 Å². The van der Waals surface area contributed by atoms with Crippen molar-refractivity contribution in [1.82, 2.24) is 36.8 Å². The van der Waals surface area contributed by atoms with Gasteiger partial charge in [0.1, 0.15) is 103 Å². The number of ketones is 2. The van der Waals surface area contributed by atoms with Gasteiger partial charge in [0.25, 0.3) is 0 Å². The van der Waals surface area contributed by atoms with Gasteiger partial charge in [0.05, 0.1) is 64.8 Å². The summed E-state index contributed by atoms with van der Waals surface area (Å²) in [5.41, 5.74) is 0. The number of carbonyl (C=O) groups is 9. The van der Waals surface area contributed by atoms with E-state index in [1.54, 1.807) is 14.0 Å². The lowest BCUT2D eigenvalue weighted by atomic mass is 9.90. The highest BCUT2D eigenvalue weighted by atomic mass is 16.7. The zero-order valence-electron chi connectivity index (χ0n) is 55.8. The number of amides is 7. The van der Waals surface area contributed by atoms with Crippen LogP contribution in [-0.2, 0) is 81.0 Å². The zero-order chi connectivity index (χ0) is 73.3. The Morgan fingerprint density at radius 1 is 0.439 bits per heavy atom. The van der Waals surface area contributed by atoms with Crippen LogP contribution in [0.3, 0.4) is 0 Å². The van der Waals surface area contributed by atoms with Crippen LogP contribution in [0, 0.1) is 5.92 Å². The fourth-order valence-corrected chi connectivity index (χ4v) is 10.3. The van der Waals surface area contributed by atoms with E-state index in [0.717, 1.165) is 4.90 Å². The maximum absolute atomic E-state index is 13.2. The molecule has 38 nitrogen and oxygen atoms in total. The molecule has 0 aliphatic carbocycles. The van der Waals surface area contributed by atoms with E-state index < -0.39 is 196 Å². The van der Waals surface area contributed by atoms with Crippen LogP contribution in [0.2, 0.25) is 0 Å². The molecule has 0 spiro atoms. The fourth-order valence-electron chi connectivity index (χ4n) is 10.3. The highest BCUT2D eigenvalue weighted by molar-refractivity contribution is 5.96. The summed E-state index contributed by atoms with van der Waals surface area (Å²) < 4.78 is 42.7. The van der Waals surface area contributed by atoms with Gasteiger partial charge in [-0.25, -0.2) is 0 Å². The Balaban J connectivity index is 0.000000512. The molecule has 0 bridgehead atoms. The maximum atomic E-state index is 13.2. The SMILES string of the molecule is CCNC(=O)CCCCC(=O)NC(CC(=O)NCCO[C@@H]1O[C@@H](C)[C@@H](O)[C@@H](O)[C@@H]1O)C(=O)NCCO[C@H]1O[C@H](CO)[C@@H](O)[C@H](O)[C@@H]1O.CNCC(=O)N(C)C(=O)CCCCC(=O)CC(CC(=O)NCCO[C@@H]1O[C@@H](C)[C@@H](O)[C@@H](O)[C@@H]1O)C(=O)CCCO[C@H]1O[C@H](CO)[C@@H](O)[C@H](O)[C@@H]1O. The number of unbranched alkanes of at least 4 members (excludes halogenated alkanes) is 2. The van der Waals surface area contributed by atoms with Crippen molar-refractivity contribution in [2.45, 2.75) is 233 Å². The Labute approximate surface area is 566 Å². The van der Waals surface area contributed by atoms with E-state index >= 15 is 0 Å². The largest absolute Gasteiger partial charge is 0.394 e. The van der Waals surface area contributed by atoms with Gasteiger partial charge in [0.2, 0.25) is 41.4 Å². The Bertz CT molecular complexity index is 2440. The lowest BCUT2D eigenvalue weighted by molar-refractivity contribution is -0.301. The minimum Gasteiger partial charge on any atom is -0.394 e. The van der Waals surface area contributed by atoms with Crippen LogP contribution in [-0.4, -0.2) is 345 Å². The minimum absolute atomic E-state index is 0.00308. The topological polar surface area (TPSA) is 586 Å². The molecule has 0 saturated carbocycles. The second-order valence-corrected chi connectivity index (χ2v) is 24.0. The zero-order valence-corrected chi connectivity index (χ0v) is 55.8. The highest BCUT2D eigenvalue weighted by Gasteiger charge is 2.47. The second-order valence-electron chi connectivity index (χ2n) is 24.0. The average Bonchev–Trinajstić information content (AvgIpc) is 0.842. The van der Waals surface area contributed by atoms with E-state index in [1.807, 2.05) is 0 Å². The number of nitrogens with one attached hydrogen (secondary N) is 6. The van der Waals surface area contributed by atoms with Crippen LogP contribution in [0.15, 0.2) is 0 Å². The maximum Gasteiger partial charge on any atom is 0.243 e. The Morgan fingerprint density at radius 3 is 1.33 bits per heavy atom. The molecular formula is C60H105N7O31. The molecule has 20 N–H and O–H groups in total. The summed E-state index contributed by atoms with van der Waals surface area (Å²) in [4.78, 5) is 114. The summed E-state index contributed by atoms with van der Waals surface area (Å²) in [6.07, 6.45) is -27.0. The summed E-state index contributed by atoms with van der Waals surface area (Å²) in [5.74, 6) is -5.18. The van der Waals surface area contributed by atoms with Crippen molar-refractivity contribution in [2.24, 2.45) is 5.92 Å². The molecule has 4 rings (SSSR count). The molecule has 2 unspecified atom stereocenters. The number of hydrogen-bond acceptors (Lipinski definition) is 32. The third-order valence-corrected chi connectivity index (χ3v) is 16.3. The van der Waals surface area contributed by atoms with Gasteiger partial charge in [-0.15, -0.1) is 0 Å². The van der Waals surface area contributed by atoms with Crippen LogP contribution < -0.4 is 31.9 Å². The smallest absolute Gasteiger partial charge is 0.243 e. The molecule has 98 heavy (non-hydrogen) atoms. The van der Waals surface area contributed by atoms with Crippen molar-refractivity contribution in [3.05, 3.63) is 0 Å². The van der Waals surface area contributed by atoms with E-state index in [1.165, 1.54) is 20.9 Å². The lowest BCUT2D eigenvalue weighted by Crippen LogP contribution is -2.59. The van der Waals surface area contributed by atoms with Crippen LogP contribution in [0.5, 0.6) is 0 Å². The van der Waals surface area contributed by atoms with Gasteiger partial charge in [0, 0.05) is 84.1 Å². The van der Waals surface area contributed by atoms with Gasteiger partial charge in [-0.1, -0.05) is 0 Å². The van der Waals surface area contributed by atoms with E-state index in [0.29, 0.717) is 32.2 Å². The molecule has 4 heterocycles. The summed E-state index contributed by atoms with van der Waals surface area (Å²) in [5, 5.41) is 153. The number of ether oxygens (including phenoxy) is 8. The molecule has 7 amide bonds. The van der Waals surface area contributed by atoms with Crippen LogP contribution in [0.1, 0.15) is 104 Å². The predicted molar refractivity (Wildman–Crippen MR) is 331 cm³/mol. The molecule has 38 heteroatoms. The first-order chi connectivity index (χ1) is 46.4. The van der Waals surface area contributed by atoms with Crippen molar-refractivity contribution < 1.29 is 153 Å². The second kappa shape index (κ2) is 45.7. The predicted octanol–water partition coefficient (Wildman–Crippen LogP) is -9.71. The number of carbonyl (C=O) groups excluding carboxylic acids is 9. The number of aliphatic hydroxyl groups is 14. The van der Waals surface area contributed by atoms with Crippen molar-refractivity contribution in [3.63, 3.8) is 0 Å². The van der Waals surface area contributed by atoms with Gasteiger partial charge < -0.3 is 141 Å². The first-order valence-corrected chi connectivity index (χ1v) is 32.7.